The number of nitrogens with one attached hydrogen (secondary N) is 1. The van der Waals surface area contributed by atoms with Crippen molar-refractivity contribution in [2.75, 3.05) is 16.8 Å². The van der Waals surface area contributed by atoms with Crippen molar-refractivity contribution in [3.8, 4) is 22.8 Å². The summed E-state index contributed by atoms with van der Waals surface area (Å²) in [6.45, 7) is 2.34. The molecule has 1 unspecified atom stereocenters. The molecule has 1 aliphatic rings. The Morgan fingerprint density at radius 1 is 1.00 bits per heavy atom. The van der Waals surface area contributed by atoms with Crippen LogP contribution in [0.15, 0.2) is 83.4 Å². The molecular weight excluding hydrogens is 416 g/mol. The Balaban J connectivity index is 1.34. The van der Waals surface area contributed by atoms with E-state index in [-0.39, 0.29) is 18.2 Å². The van der Waals surface area contributed by atoms with Gasteiger partial charge < -0.3 is 14.7 Å². The molecule has 2 amide bonds. The minimum atomic E-state index is -0.450. The van der Waals surface area contributed by atoms with Crippen molar-refractivity contribution >= 4 is 23.2 Å². The lowest BCUT2D eigenvalue weighted by Crippen LogP contribution is -2.28. The summed E-state index contributed by atoms with van der Waals surface area (Å²) in [6.07, 6.45) is 0.167. The number of para-hydroxylation sites is 1. The van der Waals surface area contributed by atoms with Crippen LogP contribution in [0.1, 0.15) is 12.0 Å². The second kappa shape index (κ2) is 8.70. The zero-order valence-electron chi connectivity index (χ0n) is 18.1. The maximum Gasteiger partial charge on any atom is 0.260 e. The van der Waals surface area contributed by atoms with E-state index in [0.29, 0.717) is 29.5 Å². The lowest BCUT2D eigenvalue weighted by molar-refractivity contribution is -0.122. The van der Waals surface area contributed by atoms with Gasteiger partial charge in [-0.2, -0.15) is 4.98 Å². The molecule has 164 valence electrons. The highest BCUT2D eigenvalue weighted by molar-refractivity contribution is 6.04. The van der Waals surface area contributed by atoms with E-state index in [2.05, 4.69) is 15.5 Å². The molecule has 1 aliphatic heterocycles. The van der Waals surface area contributed by atoms with E-state index in [1.54, 1.807) is 11.0 Å². The average Bonchev–Trinajstić information content (AvgIpc) is 3.48. The fraction of sp³-hybridized carbons (Fsp3) is 0.154. The van der Waals surface area contributed by atoms with Crippen molar-refractivity contribution in [2.45, 2.75) is 13.3 Å². The summed E-state index contributed by atoms with van der Waals surface area (Å²) in [7, 11) is 0. The summed E-state index contributed by atoms with van der Waals surface area (Å²) >= 11 is 0. The van der Waals surface area contributed by atoms with Crippen LogP contribution in [0.5, 0.6) is 0 Å². The van der Waals surface area contributed by atoms with E-state index < -0.39 is 5.92 Å². The van der Waals surface area contributed by atoms with Gasteiger partial charge in [-0.25, -0.2) is 0 Å². The third kappa shape index (κ3) is 4.25. The Hall–Kier alpha value is -4.26. The van der Waals surface area contributed by atoms with E-state index in [4.69, 9.17) is 4.52 Å². The lowest BCUT2D eigenvalue weighted by atomic mass is 10.1. The van der Waals surface area contributed by atoms with Crippen LogP contribution in [-0.4, -0.2) is 28.5 Å². The molecule has 33 heavy (non-hydrogen) atoms. The summed E-state index contributed by atoms with van der Waals surface area (Å²) in [5.41, 5.74) is 3.95. The van der Waals surface area contributed by atoms with Crippen LogP contribution in [0.3, 0.4) is 0 Å². The molecule has 0 radical (unpaired) electrons. The maximum atomic E-state index is 13.0. The van der Waals surface area contributed by atoms with E-state index >= 15 is 0 Å². The third-order valence-corrected chi connectivity index (χ3v) is 5.71. The van der Waals surface area contributed by atoms with Gasteiger partial charge in [0.2, 0.25) is 17.6 Å². The summed E-state index contributed by atoms with van der Waals surface area (Å²) in [4.78, 5) is 31.8. The van der Waals surface area contributed by atoms with Crippen molar-refractivity contribution in [3.63, 3.8) is 0 Å². The first-order valence-electron chi connectivity index (χ1n) is 10.7. The molecule has 1 fully saturated rings. The zero-order chi connectivity index (χ0) is 22.8. The molecular formula is C26H22N4O3. The summed E-state index contributed by atoms with van der Waals surface area (Å²) in [5, 5.41) is 7.03. The molecule has 1 N–H and O–H groups in total. The minimum Gasteiger partial charge on any atom is -0.334 e. The molecule has 3 aromatic carbocycles. The van der Waals surface area contributed by atoms with Crippen LogP contribution in [-0.2, 0) is 9.59 Å². The standard InChI is InChI=1S/C26H22N4O3/c1-17-11-13-20(14-12-17)30-16-19(15-23(30)31)25(32)27-22-10-6-5-9-21(22)26-28-24(29-33-26)18-7-3-2-4-8-18/h2-14,19H,15-16H2,1H3,(H,27,32). The van der Waals surface area contributed by atoms with Crippen molar-refractivity contribution in [1.82, 2.24) is 10.1 Å². The number of benzene rings is 3. The quantitative estimate of drug-likeness (QED) is 0.488. The molecule has 4 aromatic rings. The van der Waals surface area contributed by atoms with E-state index in [1.807, 2.05) is 79.7 Å². The molecule has 0 saturated carbocycles. The SMILES string of the molecule is Cc1ccc(N2CC(C(=O)Nc3ccccc3-c3nc(-c4ccccc4)no3)CC2=O)cc1. The molecule has 0 spiro atoms. The molecule has 7 heteroatoms. The van der Waals surface area contributed by atoms with Gasteiger partial charge in [0.05, 0.1) is 17.2 Å². The van der Waals surface area contributed by atoms with Crippen molar-refractivity contribution in [1.29, 1.82) is 0 Å². The van der Waals surface area contributed by atoms with E-state index in [1.165, 1.54) is 0 Å². The van der Waals surface area contributed by atoms with Crippen molar-refractivity contribution in [3.05, 3.63) is 84.4 Å². The molecule has 2 heterocycles. The van der Waals surface area contributed by atoms with Gasteiger partial charge in [-0.1, -0.05) is 65.3 Å². The van der Waals surface area contributed by atoms with Gasteiger partial charge in [0.1, 0.15) is 0 Å². The molecule has 7 nitrogen and oxygen atoms in total. The molecule has 1 aromatic heterocycles. The second-order valence-electron chi connectivity index (χ2n) is 8.06. The van der Waals surface area contributed by atoms with Crippen LogP contribution in [0.25, 0.3) is 22.8 Å². The topological polar surface area (TPSA) is 88.3 Å². The second-order valence-corrected chi connectivity index (χ2v) is 8.06. The van der Waals surface area contributed by atoms with Gasteiger partial charge in [0.25, 0.3) is 5.89 Å². The Labute approximate surface area is 191 Å². The highest BCUT2D eigenvalue weighted by atomic mass is 16.5. The fourth-order valence-corrected chi connectivity index (χ4v) is 3.91. The first kappa shape index (κ1) is 20.6. The van der Waals surface area contributed by atoms with Crippen molar-refractivity contribution in [2.24, 2.45) is 5.92 Å². The Kier molecular flexibility index (Phi) is 5.44. The third-order valence-electron chi connectivity index (χ3n) is 5.71. The highest BCUT2D eigenvalue weighted by Gasteiger charge is 2.35. The number of aromatic nitrogens is 2. The summed E-state index contributed by atoms with van der Waals surface area (Å²) in [6, 6.07) is 24.5. The number of amides is 2. The van der Waals surface area contributed by atoms with Gasteiger partial charge in [0, 0.05) is 24.2 Å². The Morgan fingerprint density at radius 2 is 1.73 bits per heavy atom. The van der Waals surface area contributed by atoms with Gasteiger partial charge in [-0.3, -0.25) is 9.59 Å². The molecule has 0 aliphatic carbocycles. The molecule has 1 atom stereocenters. The van der Waals surface area contributed by atoms with Crippen LogP contribution in [0.2, 0.25) is 0 Å². The number of nitrogens with zero attached hydrogens (tertiary/aromatic N) is 3. The highest BCUT2D eigenvalue weighted by Crippen LogP contribution is 2.30. The van der Waals surface area contributed by atoms with E-state index in [0.717, 1.165) is 16.8 Å². The van der Waals surface area contributed by atoms with Gasteiger partial charge in [0.15, 0.2) is 0 Å². The number of anilines is 2. The smallest absolute Gasteiger partial charge is 0.260 e. The van der Waals surface area contributed by atoms with E-state index in [9.17, 15) is 9.59 Å². The van der Waals surface area contributed by atoms with Gasteiger partial charge in [-0.15, -0.1) is 0 Å². The number of hydrogen-bond acceptors (Lipinski definition) is 5. The van der Waals surface area contributed by atoms with Crippen molar-refractivity contribution < 1.29 is 14.1 Å². The molecule has 0 bridgehead atoms. The van der Waals surface area contributed by atoms with Crippen LogP contribution in [0, 0.1) is 12.8 Å². The first-order valence-corrected chi connectivity index (χ1v) is 10.7. The fourth-order valence-electron chi connectivity index (χ4n) is 3.91. The summed E-state index contributed by atoms with van der Waals surface area (Å²) < 4.78 is 5.48. The zero-order valence-corrected chi connectivity index (χ0v) is 18.1. The normalized spacial score (nSPS) is 15.6. The molecule has 1 saturated heterocycles. The van der Waals surface area contributed by atoms with Crippen LogP contribution >= 0.6 is 0 Å². The monoisotopic (exact) mass is 438 g/mol. The minimum absolute atomic E-state index is 0.0586. The van der Waals surface area contributed by atoms with Gasteiger partial charge in [-0.05, 0) is 31.2 Å². The Morgan fingerprint density at radius 3 is 2.52 bits per heavy atom. The number of hydrogen-bond donors (Lipinski definition) is 1. The number of rotatable bonds is 5. The van der Waals surface area contributed by atoms with Gasteiger partial charge >= 0.3 is 0 Å². The number of carbonyl (C=O) groups is 2. The van der Waals surface area contributed by atoms with Crippen LogP contribution < -0.4 is 10.2 Å². The predicted molar refractivity (Wildman–Crippen MR) is 125 cm³/mol. The first-order chi connectivity index (χ1) is 16.1. The number of aryl methyl sites for hydroxylation is 1. The number of carbonyl (C=O) groups excluding carboxylic acids is 2. The average molecular weight is 438 g/mol. The van der Waals surface area contributed by atoms with Crippen LogP contribution in [0.4, 0.5) is 11.4 Å². The predicted octanol–water partition coefficient (Wildman–Crippen LogP) is 4.70. The lowest BCUT2D eigenvalue weighted by Gasteiger charge is -2.17. The maximum absolute atomic E-state index is 13.0. The summed E-state index contributed by atoms with van der Waals surface area (Å²) in [5.74, 6) is 0.0646. The largest absolute Gasteiger partial charge is 0.334 e. The Bertz CT molecular complexity index is 1300. The molecule has 5 rings (SSSR count).